The Bertz CT molecular complexity index is 487. The molecule has 0 amide bonds. The van der Waals surface area contributed by atoms with E-state index in [-0.39, 0.29) is 10.1 Å². The van der Waals surface area contributed by atoms with Crippen LogP contribution in [0, 0.1) is 0 Å². The van der Waals surface area contributed by atoms with E-state index >= 15 is 0 Å². The van der Waals surface area contributed by atoms with E-state index in [0.717, 1.165) is 18.8 Å². The highest BCUT2D eigenvalue weighted by atomic mass is 127. The molecule has 1 aliphatic rings. The Hall–Kier alpha value is -0.820. The fourth-order valence-corrected chi connectivity index (χ4v) is 2.91. The van der Waals surface area contributed by atoms with Gasteiger partial charge in [0.25, 0.3) is 0 Å². The minimum absolute atomic E-state index is 0.239. The van der Waals surface area contributed by atoms with Gasteiger partial charge in [-0.1, -0.05) is 32.0 Å². The smallest absolute Gasteiger partial charge is 0.367 e. The quantitative estimate of drug-likeness (QED) is 0.446. The number of halogens is 1. The third-order valence-corrected chi connectivity index (χ3v) is 4.23. The molecule has 1 atom stereocenters. The highest BCUT2D eigenvalue weighted by Gasteiger charge is 2.27. The highest BCUT2D eigenvalue weighted by Crippen LogP contribution is 2.44. The third-order valence-electron chi connectivity index (χ3n) is 3.98. The van der Waals surface area contributed by atoms with Crippen LogP contribution in [0.15, 0.2) is 24.3 Å². The van der Waals surface area contributed by atoms with Crippen LogP contribution >= 0.6 is 22.6 Å². The SMILES string of the molecule is CCN(CC)CC(COc1ccccc1C1CC1)OC(=O)I. The summed E-state index contributed by atoms with van der Waals surface area (Å²) in [6, 6.07) is 8.19. The summed E-state index contributed by atoms with van der Waals surface area (Å²) in [4.78, 5) is 13.5. The second kappa shape index (κ2) is 8.72. The van der Waals surface area contributed by atoms with Crippen molar-refractivity contribution < 1.29 is 14.3 Å². The minimum Gasteiger partial charge on any atom is -0.489 e. The third kappa shape index (κ3) is 5.43. The summed E-state index contributed by atoms with van der Waals surface area (Å²) in [6.07, 6.45) is 2.24. The van der Waals surface area contributed by atoms with Crippen molar-refractivity contribution in [3.05, 3.63) is 29.8 Å². The van der Waals surface area contributed by atoms with E-state index in [4.69, 9.17) is 9.47 Å². The first-order valence-electron chi connectivity index (χ1n) is 7.94. The number of carbonyl (C=O) groups is 1. The summed E-state index contributed by atoms with van der Waals surface area (Å²) >= 11 is 1.68. The maximum absolute atomic E-state index is 11.3. The van der Waals surface area contributed by atoms with Gasteiger partial charge in [-0.15, -0.1) is 0 Å². The van der Waals surface area contributed by atoms with Gasteiger partial charge in [0.1, 0.15) is 18.5 Å². The lowest BCUT2D eigenvalue weighted by Gasteiger charge is -2.25. The standard InChI is InChI=1S/C17H24INO3/c1-3-19(4-2)11-14(22-17(18)20)12-21-16-8-6-5-7-15(16)13-9-10-13/h5-8,13-14H,3-4,9-12H2,1-2H3. The van der Waals surface area contributed by atoms with Crippen molar-refractivity contribution in [2.75, 3.05) is 26.2 Å². The first-order valence-corrected chi connectivity index (χ1v) is 9.02. The molecule has 0 radical (unpaired) electrons. The normalized spacial score (nSPS) is 15.6. The molecule has 1 unspecified atom stereocenters. The zero-order chi connectivity index (χ0) is 15.9. The summed E-state index contributed by atoms with van der Waals surface area (Å²) in [6.45, 7) is 7.18. The molecule has 1 saturated carbocycles. The van der Waals surface area contributed by atoms with Crippen LogP contribution in [0.5, 0.6) is 5.75 Å². The van der Waals surface area contributed by atoms with Gasteiger partial charge in [-0.25, -0.2) is 4.79 Å². The summed E-state index contributed by atoms with van der Waals surface area (Å²) in [5.74, 6) is 1.57. The number of nitrogens with zero attached hydrogens (tertiary/aromatic N) is 1. The Morgan fingerprint density at radius 1 is 1.32 bits per heavy atom. The van der Waals surface area contributed by atoms with Gasteiger partial charge in [0, 0.05) is 6.54 Å². The van der Waals surface area contributed by atoms with Crippen LogP contribution in [0.2, 0.25) is 0 Å². The van der Waals surface area contributed by atoms with Crippen molar-refractivity contribution in [3.63, 3.8) is 0 Å². The molecule has 5 heteroatoms. The van der Waals surface area contributed by atoms with E-state index in [9.17, 15) is 4.79 Å². The molecule has 22 heavy (non-hydrogen) atoms. The number of carbonyl (C=O) groups excluding carboxylic acids is 1. The topological polar surface area (TPSA) is 38.8 Å². The number of rotatable bonds is 9. The van der Waals surface area contributed by atoms with Gasteiger partial charge in [-0.2, -0.15) is 0 Å². The van der Waals surface area contributed by atoms with E-state index in [1.165, 1.54) is 18.4 Å². The number of likely N-dealkylation sites (N-methyl/N-ethyl adjacent to an activating group) is 1. The molecule has 2 rings (SSSR count). The number of benzene rings is 1. The van der Waals surface area contributed by atoms with Crippen LogP contribution in [0.1, 0.15) is 38.2 Å². The van der Waals surface area contributed by atoms with Crippen LogP contribution < -0.4 is 4.74 Å². The first kappa shape index (κ1) is 17.5. The fourth-order valence-electron chi connectivity index (χ4n) is 2.55. The number of hydrogen-bond donors (Lipinski definition) is 0. The zero-order valence-corrected chi connectivity index (χ0v) is 15.4. The maximum atomic E-state index is 11.3. The summed E-state index contributed by atoms with van der Waals surface area (Å²) in [5.41, 5.74) is 1.28. The molecule has 1 aliphatic carbocycles. The molecule has 0 saturated heterocycles. The number of para-hydroxylation sites is 1. The van der Waals surface area contributed by atoms with Crippen molar-refractivity contribution >= 4 is 26.6 Å². The molecule has 1 aromatic rings. The van der Waals surface area contributed by atoms with Gasteiger partial charge >= 0.3 is 3.98 Å². The first-order chi connectivity index (χ1) is 10.6. The molecule has 0 bridgehead atoms. The summed E-state index contributed by atoms with van der Waals surface area (Å²) < 4.78 is 11.1. The van der Waals surface area contributed by atoms with E-state index in [2.05, 4.69) is 30.9 Å². The Morgan fingerprint density at radius 3 is 2.59 bits per heavy atom. The van der Waals surface area contributed by atoms with Crippen molar-refractivity contribution in [2.45, 2.75) is 38.7 Å². The maximum Gasteiger partial charge on any atom is 0.367 e. The molecule has 0 aromatic heterocycles. The molecule has 122 valence electrons. The molecule has 0 N–H and O–H groups in total. The lowest BCUT2D eigenvalue weighted by molar-refractivity contribution is 0.0589. The van der Waals surface area contributed by atoms with Crippen molar-refractivity contribution in [3.8, 4) is 5.75 Å². The van der Waals surface area contributed by atoms with Gasteiger partial charge in [-0.3, -0.25) is 0 Å². The fraction of sp³-hybridized carbons (Fsp3) is 0.588. The average Bonchev–Trinajstić information content (AvgIpc) is 3.34. The number of hydrogen-bond acceptors (Lipinski definition) is 4. The van der Waals surface area contributed by atoms with E-state index < -0.39 is 0 Å². The summed E-state index contributed by atoms with van der Waals surface area (Å²) in [5, 5.41) is 0. The molecule has 0 spiro atoms. The van der Waals surface area contributed by atoms with Gasteiger partial charge in [0.15, 0.2) is 0 Å². The average molecular weight is 417 g/mol. The van der Waals surface area contributed by atoms with E-state index in [1.54, 1.807) is 22.6 Å². The van der Waals surface area contributed by atoms with Crippen molar-refractivity contribution in [2.24, 2.45) is 0 Å². The largest absolute Gasteiger partial charge is 0.489 e. The monoisotopic (exact) mass is 417 g/mol. The van der Waals surface area contributed by atoms with E-state index in [1.807, 2.05) is 12.1 Å². The Morgan fingerprint density at radius 2 is 2.00 bits per heavy atom. The van der Waals surface area contributed by atoms with E-state index in [0.29, 0.717) is 19.1 Å². The second-order valence-corrected chi connectivity index (χ2v) is 6.47. The van der Waals surface area contributed by atoms with Gasteiger partial charge in [-0.05, 0) is 43.5 Å². The second-order valence-electron chi connectivity index (χ2n) is 5.59. The lowest BCUT2D eigenvalue weighted by atomic mass is 10.1. The highest BCUT2D eigenvalue weighted by molar-refractivity contribution is 14.1. The minimum atomic E-state index is -0.283. The Kier molecular flexibility index (Phi) is 6.95. The molecular formula is C17H24INO3. The Labute approximate surface area is 146 Å². The Balaban J connectivity index is 1.96. The molecule has 4 nitrogen and oxygen atoms in total. The zero-order valence-electron chi connectivity index (χ0n) is 13.3. The molecule has 0 heterocycles. The van der Waals surface area contributed by atoms with Crippen LogP contribution in [-0.2, 0) is 4.74 Å². The van der Waals surface area contributed by atoms with Gasteiger partial charge in [0.2, 0.25) is 0 Å². The number of ether oxygens (including phenoxy) is 2. The van der Waals surface area contributed by atoms with Gasteiger partial charge in [0.05, 0.1) is 22.6 Å². The van der Waals surface area contributed by atoms with Crippen molar-refractivity contribution in [1.29, 1.82) is 0 Å². The molecule has 0 aliphatic heterocycles. The lowest BCUT2D eigenvalue weighted by Crippen LogP contribution is -2.37. The molecular weight excluding hydrogens is 393 g/mol. The predicted octanol–water partition coefficient (Wildman–Crippen LogP) is 4.22. The van der Waals surface area contributed by atoms with Gasteiger partial charge < -0.3 is 14.4 Å². The van der Waals surface area contributed by atoms with Crippen molar-refractivity contribution in [1.82, 2.24) is 4.90 Å². The molecule has 1 aromatic carbocycles. The molecule has 1 fully saturated rings. The van der Waals surface area contributed by atoms with Crippen LogP contribution in [0.3, 0.4) is 0 Å². The summed E-state index contributed by atoms with van der Waals surface area (Å²) in [7, 11) is 0. The van der Waals surface area contributed by atoms with Crippen LogP contribution in [0.25, 0.3) is 0 Å². The van der Waals surface area contributed by atoms with Crippen LogP contribution in [0.4, 0.5) is 4.79 Å². The predicted molar refractivity (Wildman–Crippen MR) is 96.0 cm³/mol. The van der Waals surface area contributed by atoms with Crippen LogP contribution in [-0.4, -0.2) is 41.2 Å².